The van der Waals surface area contributed by atoms with Crippen LogP contribution in [0.1, 0.15) is 24.5 Å². The molecule has 19 heavy (non-hydrogen) atoms. The Morgan fingerprint density at radius 3 is 2.47 bits per heavy atom. The summed E-state index contributed by atoms with van der Waals surface area (Å²) < 4.78 is 13.4. The molecule has 0 amide bonds. The molecular formula is C15H22FN3. The molecule has 0 saturated carbocycles. The Morgan fingerprint density at radius 1 is 1.16 bits per heavy atom. The van der Waals surface area contributed by atoms with Crippen LogP contribution in [-0.4, -0.2) is 43.5 Å². The highest BCUT2D eigenvalue weighted by Gasteiger charge is 2.08. The van der Waals surface area contributed by atoms with Gasteiger partial charge in [0.1, 0.15) is 5.82 Å². The monoisotopic (exact) mass is 263 g/mol. The minimum atomic E-state index is -0.335. The lowest BCUT2D eigenvalue weighted by Gasteiger charge is -2.23. The van der Waals surface area contributed by atoms with Crippen LogP contribution in [0.2, 0.25) is 0 Å². The summed E-state index contributed by atoms with van der Waals surface area (Å²) in [6.07, 6.45) is 1.06. The van der Waals surface area contributed by atoms with Crippen molar-refractivity contribution >= 4 is 0 Å². The van der Waals surface area contributed by atoms with Crippen LogP contribution < -0.4 is 0 Å². The maximum absolute atomic E-state index is 13.4. The van der Waals surface area contributed by atoms with Crippen molar-refractivity contribution in [1.29, 1.82) is 5.26 Å². The number of halogens is 1. The fourth-order valence-corrected chi connectivity index (χ4v) is 1.99. The maximum Gasteiger partial charge on any atom is 0.124 e. The standard InChI is InChI=1S/C15H22FN3/c1-4-5-19(7-6-18(2)3)12-14-8-13(11-17)9-15(16)10-14/h8-10H,4-7,12H2,1-3H3. The summed E-state index contributed by atoms with van der Waals surface area (Å²) in [5.41, 5.74) is 1.25. The molecule has 1 rings (SSSR count). The lowest BCUT2D eigenvalue weighted by atomic mass is 10.1. The molecule has 104 valence electrons. The molecule has 0 fully saturated rings. The van der Waals surface area contributed by atoms with E-state index >= 15 is 0 Å². The van der Waals surface area contributed by atoms with Crippen LogP contribution in [0.4, 0.5) is 4.39 Å². The molecular weight excluding hydrogens is 241 g/mol. The van der Waals surface area contributed by atoms with Gasteiger partial charge in [-0.1, -0.05) is 6.92 Å². The van der Waals surface area contributed by atoms with Crippen molar-refractivity contribution in [2.75, 3.05) is 33.7 Å². The van der Waals surface area contributed by atoms with Crippen molar-refractivity contribution in [1.82, 2.24) is 9.80 Å². The van der Waals surface area contributed by atoms with E-state index in [4.69, 9.17) is 5.26 Å². The molecule has 0 bridgehead atoms. The summed E-state index contributed by atoms with van der Waals surface area (Å²) in [7, 11) is 4.08. The predicted octanol–water partition coefficient (Wildman–Crippen LogP) is 2.47. The Kier molecular flexibility index (Phi) is 6.48. The Hall–Kier alpha value is -1.44. The summed E-state index contributed by atoms with van der Waals surface area (Å²) in [6.45, 7) is 5.72. The van der Waals surface area contributed by atoms with Gasteiger partial charge >= 0.3 is 0 Å². The number of benzene rings is 1. The molecule has 1 aromatic carbocycles. The molecule has 0 aliphatic carbocycles. The molecule has 0 atom stereocenters. The number of rotatable bonds is 7. The van der Waals surface area contributed by atoms with Crippen LogP contribution in [0.15, 0.2) is 18.2 Å². The molecule has 0 unspecified atom stereocenters. The van der Waals surface area contributed by atoms with E-state index in [2.05, 4.69) is 16.7 Å². The molecule has 3 nitrogen and oxygen atoms in total. The number of nitriles is 1. The van der Waals surface area contributed by atoms with Gasteiger partial charge < -0.3 is 4.90 Å². The first-order valence-corrected chi connectivity index (χ1v) is 6.61. The SMILES string of the molecule is CCCN(CCN(C)C)Cc1cc(F)cc(C#N)c1. The smallest absolute Gasteiger partial charge is 0.124 e. The second-order valence-corrected chi connectivity index (χ2v) is 5.04. The summed E-state index contributed by atoms with van der Waals surface area (Å²) in [6, 6.07) is 6.55. The number of hydrogen-bond donors (Lipinski definition) is 0. The van der Waals surface area contributed by atoms with Crippen LogP contribution in [-0.2, 0) is 6.54 Å². The quantitative estimate of drug-likeness (QED) is 0.757. The van der Waals surface area contributed by atoms with E-state index in [1.807, 2.05) is 20.2 Å². The van der Waals surface area contributed by atoms with Crippen LogP contribution in [0.25, 0.3) is 0 Å². The van der Waals surface area contributed by atoms with Gasteiger partial charge in [0.15, 0.2) is 0 Å². The first-order valence-electron chi connectivity index (χ1n) is 6.61. The second kappa shape index (κ2) is 7.88. The Balaban J connectivity index is 2.72. The normalized spacial score (nSPS) is 11.0. The lowest BCUT2D eigenvalue weighted by Crippen LogP contribution is -2.32. The third kappa shape index (κ3) is 5.82. The van der Waals surface area contributed by atoms with Crippen molar-refractivity contribution < 1.29 is 4.39 Å². The van der Waals surface area contributed by atoms with Crippen molar-refractivity contribution in [2.45, 2.75) is 19.9 Å². The molecule has 0 N–H and O–H groups in total. The van der Waals surface area contributed by atoms with Gasteiger partial charge in [-0.05, 0) is 50.8 Å². The lowest BCUT2D eigenvalue weighted by molar-refractivity contribution is 0.234. The molecule has 0 aromatic heterocycles. The third-order valence-electron chi connectivity index (χ3n) is 2.90. The molecule has 0 spiro atoms. The second-order valence-electron chi connectivity index (χ2n) is 5.04. The molecule has 0 aliphatic heterocycles. The zero-order valence-corrected chi connectivity index (χ0v) is 12.0. The first-order chi connectivity index (χ1) is 9.05. The van der Waals surface area contributed by atoms with Crippen molar-refractivity contribution in [3.05, 3.63) is 35.1 Å². The van der Waals surface area contributed by atoms with Crippen LogP contribution in [0.5, 0.6) is 0 Å². The highest BCUT2D eigenvalue weighted by atomic mass is 19.1. The zero-order valence-electron chi connectivity index (χ0n) is 12.0. The minimum absolute atomic E-state index is 0.335. The highest BCUT2D eigenvalue weighted by Crippen LogP contribution is 2.11. The number of nitrogens with zero attached hydrogens (tertiary/aromatic N) is 3. The number of likely N-dealkylation sites (N-methyl/N-ethyl adjacent to an activating group) is 1. The fraction of sp³-hybridized carbons (Fsp3) is 0.533. The first kappa shape index (κ1) is 15.6. The summed E-state index contributed by atoms with van der Waals surface area (Å²) in [4.78, 5) is 4.42. The molecule has 0 aliphatic rings. The van der Waals surface area contributed by atoms with Gasteiger partial charge in [0.25, 0.3) is 0 Å². The van der Waals surface area contributed by atoms with Gasteiger partial charge in [0.05, 0.1) is 11.6 Å². The molecule has 1 aromatic rings. The van der Waals surface area contributed by atoms with E-state index in [0.717, 1.165) is 31.6 Å². The van der Waals surface area contributed by atoms with E-state index < -0.39 is 0 Å². The van der Waals surface area contributed by atoms with Gasteiger partial charge in [0, 0.05) is 19.6 Å². The van der Waals surface area contributed by atoms with Gasteiger partial charge in [-0.3, -0.25) is 4.90 Å². The van der Waals surface area contributed by atoms with E-state index in [1.165, 1.54) is 12.1 Å². The largest absolute Gasteiger partial charge is 0.308 e. The van der Waals surface area contributed by atoms with Gasteiger partial charge in [-0.15, -0.1) is 0 Å². The van der Waals surface area contributed by atoms with Crippen molar-refractivity contribution in [3.63, 3.8) is 0 Å². The molecule has 0 heterocycles. The molecule has 4 heteroatoms. The average molecular weight is 263 g/mol. The van der Waals surface area contributed by atoms with Crippen LogP contribution in [0, 0.1) is 17.1 Å². The van der Waals surface area contributed by atoms with Gasteiger partial charge in [-0.25, -0.2) is 4.39 Å². The molecule has 0 radical (unpaired) electrons. The van der Waals surface area contributed by atoms with E-state index in [1.54, 1.807) is 6.07 Å². The van der Waals surface area contributed by atoms with Gasteiger partial charge in [0.2, 0.25) is 0 Å². The van der Waals surface area contributed by atoms with Crippen LogP contribution in [0.3, 0.4) is 0 Å². The Labute approximate surface area is 115 Å². The van der Waals surface area contributed by atoms with Crippen molar-refractivity contribution in [2.24, 2.45) is 0 Å². The third-order valence-corrected chi connectivity index (χ3v) is 2.90. The maximum atomic E-state index is 13.4. The minimum Gasteiger partial charge on any atom is -0.308 e. The van der Waals surface area contributed by atoms with Gasteiger partial charge in [-0.2, -0.15) is 5.26 Å². The Morgan fingerprint density at radius 2 is 1.89 bits per heavy atom. The number of hydrogen-bond acceptors (Lipinski definition) is 3. The van der Waals surface area contributed by atoms with E-state index in [-0.39, 0.29) is 5.82 Å². The summed E-state index contributed by atoms with van der Waals surface area (Å²) in [5, 5.41) is 8.86. The zero-order chi connectivity index (χ0) is 14.3. The van der Waals surface area contributed by atoms with Crippen LogP contribution >= 0.6 is 0 Å². The Bertz CT molecular complexity index is 438. The summed E-state index contributed by atoms with van der Waals surface area (Å²) >= 11 is 0. The fourth-order valence-electron chi connectivity index (χ4n) is 1.99. The van der Waals surface area contributed by atoms with E-state index in [0.29, 0.717) is 12.1 Å². The predicted molar refractivity (Wildman–Crippen MR) is 75.2 cm³/mol. The van der Waals surface area contributed by atoms with E-state index in [9.17, 15) is 4.39 Å². The topological polar surface area (TPSA) is 30.3 Å². The molecule has 0 saturated heterocycles. The average Bonchev–Trinajstić information content (AvgIpc) is 2.35. The summed E-state index contributed by atoms with van der Waals surface area (Å²) in [5.74, 6) is -0.335. The van der Waals surface area contributed by atoms with Crippen molar-refractivity contribution in [3.8, 4) is 6.07 Å². The highest BCUT2D eigenvalue weighted by molar-refractivity contribution is 5.33.